The Bertz CT molecular complexity index is 457. The number of likely N-dealkylation sites (N-methyl/N-ethyl adjacent to an activating group) is 1. The summed E-state index contributed by atoms with van der Waals surface area (Å²) in [4.78, 5) is 11.5. The van der Waals surface area contributed by atoms with Gasteiger partial charge in [-0.15, -0.1) is 24.0 Å². The summed E-state index contributed by atoms with van der Waals surface area (Å²) in [6.45, 7) is 9.35. The van der Waals surface area contributed by atoms with Crippen LogP contribution in [0.1, 0.15) is 6.92 Å². The number of hydrogen-bond donors (Lipinski definition) is 1. The van der Waals surface area contributed by atoms with Crippen LogP contribution >= 0.6 is 24.0 Å². The fourth-order valence-electron chi connectivity index (χ4n) is 2.66. The molecule has 6 heteroatoms. The van der Waals surface area contributed by atoms with Gasteiger partial charge in [-0.05, 0) is 25.7 Å². The van der Waals surface area contributed by atoms with Gasteiger partial charge in [0, 0.05) is 52.0 Å². The third-order valence-electron chi connectivity index (χ3n) is 4.23. The van der Waals surface area contributed by atoms with Gasteiger partial charge in [0.2, 0.25) is 0 Å². The van der Waals surface area contributed by atoms with Gasteiger partial charge in [-0.25, -0.2) is 0 Å². The Kier molecular flexibility index (Phi) is 9.31. The van der Waals surface area contributed by atoms with Gasteiger partial charge in [0.05, 0.1) is 0 Å². The molecular weight excluding hydrogens is 401 g/mol. The molecule has 0 unspecified atom stereocenters. The third kappa shape index (κ3) is 6.18. The maximum Gasteiger partial charge on any atom is 0.193 e. The van der Waals surface area contributed by atoms with Crippen molar-refractivity contribution in [2.45, 2.75) is 6.92 Å². The van der Waals surface area contributed by atoms with Crippen molar-refractivity contribution in [3.05, 3.63) is 30.3 Å². The summed E-state index contributed by atoms with van der Waals surface area (Å²) in [5, 5.41) is 3.47. The molecule has 1 aromatic rings. The second-order valence-corrected chi connectivity index (χ2v) is 5.68. The molecule has 0 bridgehead atoms. The Morgan fingerprint density at radius 1 is 1.17 bits per heavy atom. The third-order valence-corrected chi connectivity index (χ3v) is 4.23. The van der Waals surface area contributed by atoms with E-state index in [0.29, 0.717) is 0 Å². The molecule has 0 aromatic heterocycles. The minimum atomic E-state index is 0. The Hall–Kier alpha value is -1.02. The van der Waals surface area contributed by atoms with Crippen LogP contribution in [-0.2, 0) is 0 Å². The smallest absolute Gasteiger partial charge is 0.193 e. The van der Waals surface area contributed by atoms with Gasteiger partial charge < -0.3 is 20.0 Å². The lowest BCUT2D eigenvalue weighted by Gasteiger charge is -2.37. The topological polar surface area (TPSA) is 34.1 Å². The number of benzene rings is 1. The minimum Gasteiger partial charge on any atom is -0.368 e. The van der Waals surface area contributed by atoms with Crippen molar-refractivity contribution in [1.29, 1.82) is 0 Å². The Labute approximate surface area is 157 Å². The van der Waals surface area contributed by atoms with Gasteiger partial charge in [0.1, 0.15) is 0 Å². The maximum absolute atomic E-state index is 4.43. The molecule has 0 saturated carbocycles. The van der Waals surface area contributed by atoms with E-state index in [1.807, 2.05) is 7.05 Å². The first-order valence-electron chi connectivity index (χ1n) is 8.18. The van der Waals surface area contributed by atoms with E-state index in [9.17, 15) is 0 Å². The second kappa shape index (κ2) is 10.7. The number of rotatable bonds is 5. The molecule has 1 fully saturated rings. The molecule has 1 saturated heterocycles. The fourth-order valence-corrected chi connectivity index (χ4v) is 2.66. The normalized spacial score (nSPS) is 15.6. The quantitative estimate of drug-likeness (QED) is 0.439. The molecule has 0 amide bonds. The SMILES string of the molecule is CCN(C)CCNC(=NC)N1CCN(c2ccccc2)CC1.I. The van der Waals surface area contributed by atoms with Crippen molar-refractivity contribution in [2.24, 2.45) is 4.99 Å². The first kappa shape index (κ1) is 20.0. The number of nitrogens with zero attached hydrogens (tertiary/aromatic N) is 4. The number of hydrogen-bond acceptors (Lipinski definition) is 3. The average Bonchev–Trinajstić information content (AvgIpc) is 2.59. The van der Waals surface area contributed by atoms with Crippen LogP contribution in [0.25, 0.3) is 0 Å². The van der Waals surface area contributed by atoms with Crippen LogP contribution in [-0.4, -0.2) is 75.7 Å². The number of para-hydroxylation sites is 1. The van der Waals surface area contributed by atoms with E-state index in [1.54, 1.807) is 0 Å². The highest BCUT2D eigenvalue weighted by molar-refractivity contribution is 14.0. The van der Waals surface area contributed by atoms with Crippen LogP contribution in [0.2, 0.25) is 0 Å². The van der Waals surface area contributed by atoms with Crippen molar-refractivity contribution in [2.75, 3.05) is 64.8 Å². The van der Waals surface area contributed by atoms with Crippen LogP contribution in [0.4, 0.5) is 5.69 Å². The van der Waals surface area contributed by atoms with Gasteiger partial charge >= 0.3 is 0 Å². The summed E-state index contributed by atoms with van der Waals surface area (Å²) in [5.41, 5.74) is 1.31. The molecule has 0 spiro atoms. The molecule has 5 nitrogen and oxygen atoms in total. The largest absolute Gasteiger partial charge is 0.368 e. The molecule has 1 N–H and O–H groups in total. The molecule has 0 aliphatic carbocycles. The summed E-state index contributed by atoms with van der Waals surface area (Å²) in [7, 11) is 4.01. The maximum atomic E-state index is 4.43. The summed E-state index contributed by atoms with van der Waals surface area (Å²) >= 11 is 0. The zero-order valence-corrected chi connectivity index (χ0v) is 16.9. The number of guanidine groups is 1. The molecule has 1 aromatic carbocycles. The summed E-state index contributed by atoms with van der Waals surface area (Å²) in [5.74, 6) is 1.03. The van der Waals surface area contributed by atoms with Gasteiger partial charge in [0.15, 0.2) is 5.96 Å². The average molecular weight is 431 g/mol. The van der Waals surface area contributed by atoms with Crippen LogP contribution < -0.4 is 10.2 Å². The van der Waals surface area contributed by atoms with Crippen molar-refractivity contribution in [3.8, 4) is 0 Å². The van der Waals surface area contributed by atoms with Crippen molar-refractivity contribution < 1.29 is 0 Å². The van der Waals surface area contributed by atoms with Crippen LogP contribution in [0.15, 0.2) is 35.3 Å². The van der Waals surface area contributed by atoms with E-state index >= 15 is 0 Å². The molecule has 1 heterocycles. The Morgan fingerprint density at radius 2 is 1.83 bits per heavy atom. The molecule has 130 valence electrons. The highest BCUT2D eigenvalue weighted by Crippen LogP contribution is 2.15. The summed E-state index contributed by atoms with van der Waals surface area (Å²) in [6.07, 6.45) is 0. The lowest BCUT2D eigenvalue weighted by atomic mass is 10.2. The minimum absolute atomic E-state index is 0. The standard InChI is InChI=1S/C17H29N5.HI/c1-4-20(3)11-10-19-17(18-2)22-14-12-21(13-15-22)16-8-6-5-7-9-16;/h5-9H,4,10-15H2,1-3H3,(H,18,19);1H. The lowest BCUT2D eigenvalue weighted by molar-refractivity contribution is 0.344. The molecule has 23 heavy (non-hydrogen) atoms. The predicted octanol–water partition coefficient (Wildman–Crippen LogP) is 1.95. The van der Waals surface area contributed by atoms with E-state index in [-0.39, 0.29) is 24.0 Å². The van der Waals surface area contributed by atoms with Crippen molar-refractivity contribution in [3.63, 3.8) is 0 Å². The van der Waals surface area contributed by atoms with Crippen LogP contribution in [0.5, 0.6) is 0 Å². The first-order valence-corrected chi connectivity index (χ1v) is 8.18. The van der Waals surface area contributed by atoms with Crippen LogP contribution in [0.3, 0.4) is 0 Å². The van der Waals surface area contributed by atoms with Crippen LogP contribution in [0, 0.1) is 0 Å². The van der Waals surface area contributed by atoms with Gasteiger partial charge in [-0.3, -0.25) is 4.99 Å². The van der Waals surface area contributed by atoms with Gasteiger partial charge in [-0.2, -0.15) is 0 Å². The zero-order chi connectivity index (χ0) is 15.8. The molecule has 0 radical (unpaired) electrons. The highest BCUT2D eigenvalue weighted by atomic mass is 127. The van der Waals surface area contributed by atoms with Crippen molar-refractivity contribution >= 4 is 35.6 Å². The predicted molar refractivity (Wildman–Crippen MR) is 110 cm³/mol. The molecule has 1 aliphatic rings. The van der Waals surface area contributed by atoms with E-state index < -0.39 is 0 Å². The van der Waals surface area contributed by atoms with Gasteiger partial charge in [-0.1, -0.05) is 25.1 Å². The number of piperazine rings is 1. The van der Waals surface area contributed by atoms with Crippen molar-refractivity contribution in [1.82, 2.24) is 15.1 Å². The van der Waals surface area contributed by atoms with E-state index in [2.05, 4.69) is 69.3 Å². The van der Waals surface area contributed by atoms with E-state index in [0.717, 1.165) is 51.8 Å². The second-order valence-electron chi connectivity index (χ2n) is 5.68. The molecule has 1 aliphatic heterocycles. The zero-order valence-electron chi connectivity index (χ0n) is 14.5. The molecule has 0 atom stereocenters. The lowest BCUT2D eigenvalue weighted by Crippen LogP contribution is -2.53. The Balaban J connectivity index is 0.00000264. The van der Waals surface area contributed by atoms with E-state index in [4.69, 9.17) is 0 Å². The number of aliphatic imine (C=N–C) groups is 1. The Morgan fingerprint density at radius 3 is 2.39 bits per heavy atom. The first-order chi connectivity index (χ1) is 10.7. The number of nitrogens with one attached hydrogen (secondary N) is 1. The number of anilines is 1. The molecular formula is C17H30IN5. The highest BCUT2D eigenvalue weighted by Gasteiger charge is 2.19. The number of halogens is 1. The fraction of sp³-hybridized carbons (Fsp3) is 0.588. The molecule has 2 rings (SSSR count). The summed E-state index contributed by atoms with van der Waals surface area (Å²) in [6, 6.07) is 10.6. The monoisotopic (exact) mass is 431 g/mol. The summed E-state index contributed by atoms with van der Waals surface area (Å²) < 4.78 is 0. The van der Waals surface area contributed by atoms with E-state index in [1.165, 1.54) is 5.69 Å². The van der Waals surface area contributed by atoms with Gasteiger partial charge in [0.25, 0.3) is 0 Å².